The van der Waals surface area contributed by atoms with Crippen LogP contribution in [0.3, 0.4) is 0 Å². The predicted molar refractivity (Wildman–Crippen MR) is 74.0 cm³/mol. The third-order valence-corrected chi connectivity index (χ3v) is 3.39. The predicted octanol–water partition coefficient (Wildman–Crippen LogP) is 3.85. The Balaban J connectivity index is 1.76. The van der Waals surface area contributed by atoms with E-state index in [2.05, 4.69) is 6.92 Å². The smallest absolute Gasteiger partial charge is 0.260 e. The Morgan fingerprint density at radius 3 is 2.84 bits per heavy atom. The van der Waals surface area contributed by atoms with E-state index in [1.807, 2.05) is 24.3 Å². The molecule has 0 fully saturated rings. The molecule has 0 aliphatic carbocycles. The van der Waals surface area contributed by atoms with Gasteiger partial charge < -0.3 is 9.47 Å². The number of fused-ring (bicyclic) bond motifs is 1. The van der Waals surface area contributed by atoms with E-state index >= 15 is 0 Å². The highest BCUT2D eigenvalue weighted by Gasteiger charge is 2.25. The topological polar surface area (TPSA) is 35.5 Å². The van der Waals surface area contributed by atoms with Crippen molar-refractivity contribution in [3.8, 4) is 5.75 Å². The van der Waals surface area contributed by atoms with Gasteiger partial charge in [0.2, 0.25) is 5.78 Å². The van der Waals surface area contributed by atoms with Crippen LogP contribution in [0.25, 0.3) is 0 Å². The van der Waals surface area contributed by atoms with Gasteiger partial charge in [0.15, 0.2) is 0 Å². The number of hydrogen-bond acceptors (Lipinski definition) is 3. The highest BCUT2D eigenvalue weighted by atomic mass is 16.7. The number of unbranched alkanes of at least 4 members (excludes halogenated alkanes) is 4. The summed E-state index contributed by atoms with van der Waals surface area (Å²) in [4.78, 5) is 12.0. The number of ether oxygens (including phenoxy) is 2. The normalized spacial score (nSPS) is 17.6. The van der Waals surface area contributed by atoms with Gasteiger partial charge in [-0.2, -0.15) is 0 Å². The van der Waals surface area contributed by atoms with Crippen LogP contribution in [0, 0.1) is 0 Å². The van der Waals surface area contributed by atoms with E-state index in [9.17, 15) is 4.79 Å². The lowest BCUT2D eigenvalue weighted by atomic mass is 10.1. The average molecular weight is 262 g/mol. The lowest BCUT2D eigenvalue weighted by molar-refractivity contribution is -0.157. The molecule has 0 amide bonds. The number of rotatable bonds is 7. The van der Waals surface area contributed by atoms with Gasteiger partial charge in [-0.05, 0) is 12.5 Å². The van der Waals surface area contributed by atoms with Crippen LogP contribution in [-0.4, -0.2) is 12.1 Å². The largest absolute Gasteiger partial charge is 0.457 e. The molecule has 1 aromatic carbocycles. The van der Waals surface area contributed by atoms with Crippen LogP contribution in [0.15, 0.2) is 24.3 Å². The first kappa shape index (κ1) is 14.1. The standard InChI is InChI=1S/C16H22O3/c1-2-3-4-5-6-10-14(17)16-18-12-13-9-7-8-11-15(13)19-16/h7-9,11,16H,2-6,10,12H2,1H3. The fourth-order valence-corrected chi connectivity index (χ4v) is 2.23. The van der Waals surface area contributed by atoms with E-state index in [1.54, 1.807) is 0 Å². The van der Waals surface area contributed by atoms with Crippen LogP contribution in [0.2, 0.25) is 0 Å². The summed E-state index contributed by atoms with van der Waals surface area (Å²) in [6.07, 6.45) is 5.57. The van der Waals surface area contributed by atoms with E-state index in [4.69, 9.17) is 9.47 Å². The van der Waals surface area contributed by atoms with Crippen LogP contribution >= 0.6 is 0 Å². The fraction of sp³-hybridized carbons (Fsp3) is 0.562. The molecule has 3 heteroatoms. The Labute approximate surface area is 114 Å². The maximum Gasteiger partial charge on any atom is 0.260 e. The second-order valence-electron chi connectivity index (χ2n) is 5.00. The van der Waals surface area contributed by atoms with E-state index in [-0.39, 0.29) is 5.78 Å². The zero-order valence-corrected chi connectivity index (χ0v) is 11.6. The molecule has 0 N–H and O–H groups in total. The summed E-state index contributed by atoms with van der Waals surface area (Å²) >= 11 is 0. The molecular weight excluding hydrogens is 240 g/mol. The molecule has 1 aliphatic rings. The molecule has 0 spiro atoms. The molecule has 1 atom stereocenters. The summed E-state index contributed by atoms with van der Waals surface area (Å²) in [5, 5.41) is 0. The number of benzene rings is 1. The Morgan fingerprint density at radius 1 is 1.21 bits per heavy atom. The molecule has 1 heterocycles. The first-order valence-electron chi connectivity index (χ1n) is 7.20. The minimum atomic E-state index is -0.707. The fourth-order valence-electron chi connectivity index (χ4n) is 2.23. The van der Waals surface area contributed by atoms with Crippen LogP contribution < -0.4 is 4.74 Å². The summed E-state index contributed by atoms with van der Waals surface area (Å²) in [7, 11) is 0. The van der Waals surface area contributed by atoms with E-state index in [0.717, 1.165) is 24.2 Å². The van der Waals surface area contributed by atoms with Crippen molar-refractivity contribution in [3.63, 3.8) is 0 Å². The molecule has 1 aromatic rings. The molecule has 104 valence electrons. The Morgan fingerprint density at radius 2 is 2.00 bits per heavy atom. The first-order valence-corrected chi connectivity index (χ1v) is 7.20. The maximum atomic E-state index is 12.0. The molecule has 0 aromatic heterocycles. The Bertz CT molecular complexity index is 414. The molecule has 1 aliphatic heterocycles. The lowest BCUT2D eigenvalue weighted by Gasteiger charge is -2.25. The van der Waals surface area contributed by atoms with Gasteiger partial charge >= 0.3 is 0 Å². The van der Waals surface area contributed by atoms with Crippen molar-refractivity contribution in [3.05, 3.63) is 29.8 Å². The molecule has 2 rings (SSSR count). The highest BCUT2D eigenvalue weighted by Crippen LogP contribution is 2.26. The third kappa shape index (κ3) is 4.06. The summed E-state index contributed by atoms with van der Waals surface area (Å²) in [5.41, 5.74) is 1.01. The summed E-state index contributed by atoms with van der Waals surface area (Å²) in [5.74, 6) is 0.837. The van der Waals surface area contributed by atoms with Crippen LogP contribution in [0.4, 0.5) is 0 Å². The van der Waals surface area contributed by atoms with Crippen LogP contribution in [-0.2, 0) is 16.1 Å². The van der Waals surface area contributed by atoms with E-state index in [0.29, 0.717) is 13.0 Å². The Kier molecular flexibility index (Phi) is 5.40. The Hall–Kier alpha value is -1.35. The van der Waals surface area contributed by atoms with E-state index < -0.39 is 6.29 Å². The van der Waals surface area contributed by atoms with Gasteiger partial charge in [0, 0.05) is 12.0 Å². The number of carbonyl (C=O) groups excluding carboxylic acids is 1. The minimum absolute atomic E-state index is 0.0611. The number of carbonyl (C=O) groups is 1. The number of Topliss-reactive ketones (excluding diaryl/α,β-unsaturated/α-hetero) is 1. The second-order valence-corrected chi connectivity index (χ2v) is 5.00. The van der Waals surface area contributed by atoms with Gasteiger partial charge in [-0.25, -0.2) is 0 Å². The van der Waals surface area contributed by atoms with Gasteiger partial charge in [0.25, 0.3) is 6.29 Å². The molecule has 0 saturated carbocycles. The molecular formula is C16H22O3. The molecule has 0 radical (unpaired) electrons. The van der Waals surface area contributed by atoms with Gasteiger partial charge in [-0.3, -0.25) is 4.79 Å². The zero-order valence-electron chi connectivity index (χ0n) is 11.6. The average Bonchev–Trinajstić information content (AvgIpc) is 2.46. The van der Waals surface area contributed by atoms with Crippen molar-refractivity contribution < 1.29 is 14.3 Å². The first-order chi connectivity index (χ1) is 9.31. The molecule has 0 saturated heterocycles. The van der Waals surface area contributed by atoms with Gasteiger partial charge in [-0.15, -0.1) is 0 Å². The summed E-state index contributed by atoms with van der Waals surface area (Å²) in [6.45, 7) is 2.65. The number of ketones is 1. The quantitative estimate of drug-likeness (QED) is 0.700. The summed E-state index contributed by atoms with van der Waals surface area (Å²) in [6, 6.07) is 7.71. The minimum Gasteiger partial charge on any atom is -0.457 e. The lowest BCUT2D eigenvalue weighted by Crippen LogP contribution is -2.33. The van der Waals surface area contributed by atoms with Gasteiger partial charge in [-0.1, -0.05) is 50.8 Å². The van der Waals surface area contributed by atoms with Crippen molar-refractivity contribution in [2.24, 2.45) is 0 Å². The maximum absolute atomic E-state index is 12.0. The van der Waals surface area contributed by atoms with Crippen molar-refractivity contribution in [2.45, 2.75) is 58.3 Å². The molecule has 0 bridgehead atoms. The van der Waals surface area contributed by atoms with Gasteiger partial charge in [0.05, 0.1) is 6.61 Å². The molecule has 19 heavy (non-hydrogen) atoms. The zero-order chi connectivity index (χ0) is 13.5. The molecule has 1 unspecified atom stereocenters. The van der Waals surface area contributed by atoms with Crippen molar-refractivity contribution in [1.82, 2.24) is 0 Å². The van der Waals surface area contributed by atoms with Crippen molar-refractivity contribution in [2.75, 3.05) is 0 Å². The SMILES string of the molecule is CCCCCCCC(=O)C1OCc2ccccc2O1. The summed E-state index contributed by atoms with van der Waals surface area (Å²) < 4.78 is 11.1. The van der Waals surface area contributed by atoms with Crippen LogP contribution in [0.1, 0.15) is 51.0 Å². The van der Waals surface area contributed by atoms with Crippen molar-refractivity contribution in [1.29, 1.82) is 0 Å². The van der Waals surface area contributed by atoms with E-state index in [1.165, 1.54) is 19.3 Å². The highest BCUT2D eigenvalue weighted by molar-refractivity contribution is 5.82. The van der Waals surface area contributed by atoms with Crippen LogP contribution in [0.5, 0.6) is 5.75 Å². The second kappa shape index (κ2) is 7.29. The third-order valence-electron chi connectivity index (χ3n) is 3.39. The number of hydrogen-bond donors (Lipinski definition) is 0. The van der Waals surface area contributed by atoms with Crippen molar-refractivity contribution >= 4 is 5.78 Å². The monoisotopic (exact) mass is 262 g/mol. The molecule has 3 nitrogen and oxygen atoms in total. The van der Waals surface area contributed by atoms with Gasteiger partial charge in [0.1, 0.15) is 5.75 Å². The number of para-hydroxylation sites is 1.